The normalized spacial score (nSPS) is 30.8. The molecule has 15 heavy (non-hydrogen) atoms. The van der Waals surface area contributed by atoms with Crippen LogP contribution in [0.4, 0.5) is 0 Å². The molecule has 1 aromatic carbocycles. The second kappa shape index (κ2) is 3.97. The first-order valence-corrected chi connectivity index (χ1v) is 5.95. The van der Waals surface area contributed by atoms with E-state index in [0.717, 1.165) is 24.8 Å². The van der Waals surface area contributed by atoms with Crippen molar-refractivity contribution in [2.24, 2.45) is 5.92 Å². The standard InChI is InChI=1S/C12H14Cl2O/c1-8-4-5-12(15,7-8)10-6-9(13)2-3-11(10)14/h2-3,6,8,15H,4-5,7H2,1H3. The minimum absolute atomic E-state index is 0.546. The number of rotatable bonds is 1. The minimum atomic E-state index is -0.776. The molecule has 0 heterocycles. The van der Waals surface area contributed by atoms with E-state index >= 15 is 0 Å². The molecule has 0 spiro atoms. The average molecular weight is 245 g/mol. The molecule has 0 aromatic heterocycles. The van der Waals surface area contributed by atoms with Crippen LogP contribution < -0.4 is 0 Å². The summed E-state index contributed by atoms with van der Waals surface area (Å²) in [5.41, 5.74) is 0.00233. The van der Waals surface area contributed by atoms with E-state index in [0.29, 0.717) is 16.0 Å². The lowest BCUT2D eigenvalue weighted by molar-refractivity contribution is 0.0409. The van der Waals surface area contributed by atoms with E-state index in [1.807, 2.05) is 0 Å². The summed E-state index contributed by atoms with van der Waals surface area (Å²) in [4.78, 5) is 0. The van der Waals surface area contributed by atoms with Crippen LogP contribution in [0.2, 0.25) is 10.0 Å². The third-order valence-electron chi connectivity index (χ3n) is 3.17. The quantitative estimate of drug-likeness (QED) is 0.792. The monoisotopic (exact) mass is 244 g/mol. The molecule has 1 fully saturated rings. The van der Waals surface area contributed by atoms with Crippen LogP contribution in [0.1, 0.15) is 31.7 Å². The molecule has 0 amide bonds. The molecule has 1 saturated carbocycles. The van der Waals surface area contributed by atoms with Crippen molar-refractivity contribution in [3.05, 3.63) is 33.8 Å². The van der Waals surface area contributed by atoms with Gasteiger partial charge in [-0.25, -0.2) is 0 Å². The van der Waals surface area contributed by atoms with Gasteiger partial charge in [0.05, 0.1) is 5.60 Å². The number of aliphatic hydroxyl groups is 1. The average Bonchev–Trinajstić information content (AvgIpc) is 2.52. The summed E-state index contributed by atoms with van der Waals surface area (Å²) in [5, 5.41) is 11.7. The number of benzene rings is 1. The zero-order chi connectivity index (χ0) is 11.1. The zero-order valence-corrected chi connectivity index (χ0v) is 10.1. The Kier molecular flexibility index (Phi) is 2.98. The molecule has 2 unspecified atom stereocenters. The third kappa shape index (κ3) is 2.15. The Hall–Kier alpha value is -0.240. The van der Waals surface area contributed by atoms with Gasteiger partial charge in [-0.2, -0.15) is 0 Å². The van der Waals surface area contributed by atoms with Gasteiger partial charge < -0.3 is 5.11 Å². The Morgan fingerprint density at radius 2 is 2.13 bits per heavy atom. The molecule has 1 aliphatic rings. The molecule has 0 radical (unpaired) electrons. The summed E-state index contributed by atoms with van der Waals surface area (Å²) >= 11 is 12.0. The van der Waals surface area contributed by atoms with Gasteiger partial charge in [-0.05, 0) is 43.4 Å². The summed E-state index contributed by atoms with van der Waals surface area (Å²) in [6.45, 7) is 2.15. The van der Waals surface area contributed by atoms with Gasteiger partial charge in [0.1, 0.15) is 0 Å². The molecule has 0 aliphatic heterocycles. The maximum absolute atomic E-state index is 10.5. The SMILES string of the molecule is CC1CCC(O)(c2cc(Cl)ccc2Cl)C1. The van der Waals surface area contributed by atoms with E-state index in [4.69, 9.17) is 23.2 Å². The maximum Gasteiger partial charge on any atom is 0.0914 e. The van der Waals surface area contributed by atoms with Gasteiger partial charge in [-0.3, -0.25) is 0 Å². The molecule has 1 aromatic rings. The minimum Gasteiger partial charge on any atom is -0.385 e. The molecular formula is C12H14Cl2O. The molecule has 0 saturated heterocycles. The molecule has 1 N–H and O–H groups in total. The van der Waals surface area contributed by atoms with E-state index in [2.05, 4.69) is 6.92 Å². The Morgan fingerprint density at radius 3 is 2.73 bits per heavy atom. The number of hydrogen-bond acceptors (Lipinski definition) is 1. The Labute approximate surface area is 100 Å². The van der Waals surface area contributed by atoms with E-state index < -0.39 is 5.60 Å². The first-order valence-electron chi connectivity index (χ1n) is 5.19. The van der Waals surface area contributed by atoms with Crippen molar-refractivity contribution in [3.8, 4) is 0 Å². The van der Waals surface area contributed by atoms with Crippen LogP contribution in [-0.4, -0.2) is 5.11 Å². The molecule has 0 bridgehead atoms. The number of halogens is 2. The van der Waals surface area contributed by atoms with Gasteiger partial charge in [-0.1, -0.05) is 30.1 Å². The molecular weight excluding hydrogens is 231 g/mol. The Bertz CT molecular complexity index is 378. The van der Waals surface area contributed by atoms with Gasteiger partial charge in [0.15, 0.2) is 0 Å². The zero-order valence-electron chi connectivity index (χ0n) is 8.63. The van der Waals surface area contributed by atoms with Crippen LogP contribution >= 0.6 is 23.2 Å². The first kappa shape index (κ1) is 11.3. The summed E-state index contributed by atoms with van der Waals surface area (Å²) < 4.78 is 0. The van der Waals surface area contributed by atoms with Gasteiger partial charge in [0, 0.05) is 15.6 Å². The fourth-order valence-corrected chi connectivity index (χ4v) is 2.83. The smallest absolute Gasteiger partial charge is 0.0914 e. The molecule has 3 heteroatoms. The van der Waals surface area contributed by atoms with E-state index in [9.17, 15) is 5.11 Å². The largest absolute Gasteiger partial charge is 0.385 e. The highest BCUT2D eigenvalue weighted by Gasteiger charge is 2.38. The highest BCUT2D eigenvalue weighted by Crippen LogP contribution is 2.44. The fourth-order valence-electron chi connectivity index (χ4n) is 2.36. The number of hydrogen-bond donors (Lipinski definition) is 1. The van der Waals surface area contributed by atoms with Crippen LogP contribution in [0, 0.1) is 5.92 Å². The van der Waals surface area contributed by atoms with Crippen LogP contribution in [0.3, 0.4) is 0 Å². The van der Waals surface area contributed by atoms with Gasteiger partial charge in [0.25, 0.3) is 0 Å². The van der Waals surface area contributed by atoms with Crippen LogP contribution in [0.5, 0.6) is 0 Å². The lowest BCUT2D eigenvalue weighted by Crippen LogP contribution is -2.22. The van der Waals surface area contributed by atoms with Crippen molar-refractivity contribution in [3.63, 3.8) is 0 Å². The van der Waals surface area contributed by atoms with Crippen LogP contribution in [0.25, 0.3) is 0 Å². The van der Waals surface area contributed by atoms with Gasteiger partial charge in [0.2, 0.25) is 0 Å². The predicted molar refractivity (Wildman–Crippen MR) is 63.4 cm³/mol. The van der Waals surface area contributed by atoms with Crippen molar-refractivity contribution < 1.29 is 5.11 Å². The van der Waals surface area contributed by atoms with Crippen molar-refractivity contribution in [2.45, 2.75) is 31.8 Å². The van der Waals surface area contributed by atoms with E-state index in [1.165, 1.54) is 0 Å². The lowest BCUT2D eigenvalue weighted by atomic mass is 9.91. The summed E-state index contributed by atoms with van der Waals surface area (Å²) in [5.74, 6) is 0.546. The van der Waals surface area contributed by atoms with Gasteiger partial charge in [-0.15, -0.1) is 0 Å². The molecule has 2 rings (SSSR count). The van der Waals surface area contributed by atoms with Crippen molar-refractivity contribution in [1.82, 2.24) is 0 Å². The van der Waals surface area contributed by atoms with Crippen LogP contribution in [-0.2, 0) is 5.60 Å². The topological polar surface area (TPSA) is 20.2 Å². The van der Waals surface area contributed by atoms with Crippen molar-refractivity contribution >= 4 is 23.2 Å². The predicted octanol–water partition coefficient (Wildman–Crippen LogP) is 4.00. The fraction of sp³-hybridized carbons (Fsp3) is 0.500. The second-order valence-electron chi connectivity index (χ2n) is 4.50. The van der Waals surface area contributed by atoms with Crippen LogP contribution in [0.15, 0.2) is 18.2 Å². The highest BCUT2D eigenvalue weighted by molar-refractivity contribution is 6.33. The van der Waals surface area contributed by atoms with Crippen molar-refractivity contribution in [1.29, 1.82) is 0 Å². The molecule has 1 aliphatic carbocycles. The summed E-state index contributed by atoms with van der Waals surface area (Å²) in [6.07, 6.45) is 2.58. The molecule has 82 valence electrons. The first-order chi connectivity index (χ1) is 7.01. The second-order valence-corrected chi connectivity index (χ2v) is 5.35. The maximum atomic E-state index is 10.5. The Morgan fingerprint density at radius 1 is 1.40 bits per heavy atom. The van der Waals surface area contributed by atoms with E-state index in [1.54, 1.807) is 18.2 Å². The molecule has 2 atom stereocenters. The van der Waals surface area contributed by atoms with E-state index in [-0.39, 0.29) is 0 Å². The highest BCUT2D eigenvalue weighted by atomic mass is 35.5. The Balaban J connectivity index is 2.40. The molecule has 1 nitrogen and oxygen atoms in total. The summed E-state index contributed by atoms with van der Waals surface area (Å²) in [6, 6.07) is 5.28. The lowest BCUT2D eigenvalue weighted by Gasteiger charge is -2.24. The summed E-state index contributed by atoms with van der Waals surface area (Å²) in [7, 11) is 0. The van der Waals surface area contributed by atoms with Crippen molar-refractivity contribution in [2.75, 3.05) is 0 Å². The third-order valence-corrected chi connectivity index (χ3v) is 3.73. The van der Waals surface area contributed by atoms with Gasteiger partial charge >= 0.3 is 0 Å².